The van der Waals surface area contributed by atoms with Gasteiger partial charge in [-0.25, -0.2) is 4.79 Å². The van der Waals surface area contributed by atoms with Crippen molar-refractivity contribution in [2.24, 2.45) is 0 Å². The Morgan fingerprint density at radius 3 is 2.95 bits per heavy atom. The molecule has 0 bridgehead atoms. The summed E-state index contributed by atoms with van der Waals surface area (Å²) in [7, 11) is 1.39. The molecule has 4 nitrogen and oxygen atoms in total. The van der Waals surface area contributed by atoms with Crippen LogP contribution in [0.4, 0.5) is 0 Å². The van der Waals surface area contributed by atoms with Crippen LogP contribution in [0.1, 0.15) is 22.0 Å². The Hall–Kier alpha value is -1.56. The highest BCUT2D eigenvalue weighted by Crippen LogP contribution is 2.37. The van der Waals surface area contributed by atoms with Gasteiger partial charge in [-0.2, -0.15) is 0 Å². The lowest BCUT2D eigenvalue weighted by atomic mass is 10.0. The van der Waals surface area contributed by atoms with Crippen LogP contribution in [0.2, 0.25) is 5.02 Å². The Morgan fingerprint density at radius 2 is 2.23 bits per heavy atom. The first-order valence-corrected chi connectivity index (χ1v) is 8.16. The van der Waals surface area contributed by atoms with Gasteiger partial charge >= 0.3 is 5.97 Å². The molecule has 1 aliphatic heterocycles. The molecular formula is C16H16ClNO3S. The minimum Gasteiger partial charge on any atom is -0.499 e. The van der Waals surface area contributed by atoms with Crippen LogP contribution in [0.15, 0.2) is 30.3 Å². The summed E-state index contributed by atoms with van der Waals surface area (Å²) in [5, 5.41) is 10.5. The Balaban J connectivity index is 1.94. The molecule has 0 saturated carbocycles. The first kappa shape index (κ1) is 15.3. The van der Waals surface area contributed by atoms with Crippen LogP contribution < -0.4 is 0 Å². The number of hydrogen-bond acceptors (Lipinski definition) is 5. The number of fused-ring (bicyclic) bond motifs is 1. The lowest BCUT2D eigenvalue weighted by molar-refractivity contribution is -0.147. The average Bonchev–Trinajstić information content (AvgIpc) is 2.88. The van der Waals surface area contributed by atoms with Gasteiger partial charge in [0, 0.05) is 23.0 Å². The number of halogens is 1. The van der Waals surface area contributed by atoms with Gasteiger partial charge in [0.05, 0.1) is 7.11 Å². The van der Waals surface area contributed by atoms with Crippen molar-refractivity contribution in [1.29, 1.82) is 0 Å². The maximum absolute atomic E-state index is 12.3. The summed E-state index contributed by atoms with van der Waals surface area (Å²) >= 11 is 7.67. The fourth-order valence-corrected chi connectivity index (χ4v) is 3.98. The average molecular weight is 338 g/mol. The summed E-state index contributed by atoms with van der Waals surface area (Å²) in [6, 6.07) is 8.57. The lowest BCUT2D eigenvalue weighted by Gasteiger charge is -2.33. The standard InChI is InChI=1S/C16H16ClNO3S/c1-21-16(20)15(11-4-2-3-5-12(11)17)18-7-6-13-10(9-18)8-14(19)22-13/h2-5,8,15,19H,6-7,9H2,1H3. The molecule has 1 atom stereocenters. The maximum atomic E-state index is 12.3. The third kappa shape index (κ3) is 2.84. The van der Waals surface area contributed by atoms with Gasteiger partial charge in [0.2, 0.25) is 0 Å². The third-order valence-corrected chi connectivity index (χ3v) is 5.26. The molecule has 1 unspecified atom stereocenters. The normalized spacial score (nSPS) is 16.1. The highest BCUT2D eigenvalue weighted by Gasteiger charge is 2.33. The highest BCUT2D eigenvalue weighted by atomic mass is 35.5. The lowest BCUT2D eigenvalue weighted by Crippen LogP contribution is -2.38. The van der Waals surface area contributed by atoms with Gasteiger partial charge in [-0.1, -0.05) is 29.8 Å². The summed E-state index contributed by atoms with van der Waals surface area (Å²) in [6.45, 7) is 1.31. The summed E-state index contributed by atoms with van der Waals surface area (Å²) in [5.41, 5.74) is 1.81. The van der Waals surface area contributed by atoms with Crippen molar-refractivity contribution in [1.82, 2.24) is 4.90 Å². The molecule has 2 heterocycles. The number of benzene rings is 1. The van der Waals surface area contributed by atoms with Gasteiger partial charge in [-0.05, 0) is 29.7 Å². The number of nitrogens with zero attached hydrogens (tertiary/aromatic N) is 1. The molecule has 0 radical (unpaired) electrons. The van der Waals surface area contributed by atoms with Crippen LogP contribution in [0.3, 0.4) is 0 Å². The number of ether oxygens (including phenoxy) is 1. The predicted molar refractivity (Wildman–Crippen MR) is 86.3 cm³/mol. The number of methoxy groups -OCH3 is 1. The second kappa shape index (κ2) is 6.28. The van der Waals surface area contributed by atoms with Crippen LogP contribution in [0.5, 0.6) is 5.06 Å². The molecule has 0 saturated heterocycles. The van der Waals surface area contributed by atoms with E-state index in [4.69, 9.17) is 16.3 Å². The predicted octanol–water partition coefficient (Wildman–Crippen LogP) is 3.38. The van der Waals surface area contributed by atoms with Crippen molar-refractivity contribution in [3.8, 4) is 5.06 Å². The zero-order chi connectivity index (χ0) is 15.7. The van der Waals surface area contributed by atoms with Gasteiger partial charge < -0.3 is 9.84 Å². The molecule has 1 N–H and O–H groups in total. The first-order valence-electron chi connectivity index (χ1n) is 6.97. The van der Waals surface area contributed by atoms with Crippen LogP contribution >= 0.6 is 22.9 Å². The molecule has 1 aliphatic rings. The van der Waals surface area contributed by atoms with Crippen LogP contribution in [0.25, 0.3) is 0 Å². The minimum atomic E-state index is -0.533. The molecule has 2 aromatic rings. The summed E-state index contributed by atoms with van der Waals surface area (Å²) in [5.74, 6) is -0.323. The van der Waals surface area contributed by atoms with E-state index in [1.165, 1.54) is 23.3 Å². The Kier molecular flexibility index (Phi) is 4.38. The number of carbonyl (C=O) groups is 1. The zero-order valence-corrected chi connectivity index (χ0v) is 13.7. The molecule has 0 amide bonds. The molecule has 22 heavy (non-hydrogen) atoms. The van der Waals surface area contributed by atoms with E-state index >= 15 is 0 Å². The molecule has 116 valence electrons. The maximum Gasteiger partial charge on any atom is 0.327 e. The van der Waals surface area contributed by atoms with Gasteiger partial charge in [0.15, 0.2) is 5.06 Å². The van der Waals surface area contributed by atoms with E-state index in [1.54, 1.807) is 12.1 Å². The van der Waals surface area contributed by atoms with Crippen molar-refractivity contribution in [3.05, 3.63) is 51.4 Å². The molecule has 6 heteroatoms. The van der Waals surface area contributed by atoms with Crippen LogP contribution in [-0.2, 0) is 22.5 Å². The summed E-state index contributed by atoms with van der Waals surface area (Å²) in [4.78, 5) is 15.5. The third-order valence-electron chi connectivity index (χ3n) is 3.87. The largest absolute Gasteiger partial charge is 0.499 e. The molecule has 3 rings (SSSR count). The van der Waals surface area contributed by atoms with E-state index in [1.807, 2.05) is 23.1 Å². The fraction of sp³-hybridized carbons (Fsp3) is 0.312. The highest BCUT2D eigenvalue weighted by molar-refractivity contribution is 7.13. The second-order valence-electron chi connectivity index (χ2n) is 5.20. The molecule has 0 aliphatic carbocycles. The summed E-state index contributed by atoms with van der Waals surface area (Å²) in [6.07, 6.45) is 0.804. The Morgan fingerprint density at radius 1 is 1.45 bits per heavy atom. The van der Waals surface area contributed by atoms with E-state index in [0.29, 0.717) is 16.6 Å². The molecule has 0 spiro atoms. The molecular weight excluding hydrogens is 322 g/mol. The molecule has 0 fully saturated rings. The van der Waals surface area contributed by atoms with Crippen molar-refractivity contribution in [2.45, 2.75) is 19.0 Å². The van der Waals surface area contributed by atoms with Crippen LogP contribution in [0, 0.1) is 0 Å². The van der Waals surface area contributed by atoms with E-state index in [0.717, 1.165) is 24.1 Å². The van der Waals surface area contributed by atoms with Gasteiger partial charge in [-0.15, -0.1) is 11.3 Å². The van der Waals surface area contributed by atoms with Crippen molar-refractivity contribution in [3.63, 3.8) is 0 Å². The van der Waals surface area contributed by atoms with Crippen molar-refractivity contribution >= 4 is 28.9 Å². The topological polar surface area (TPSA) is 49.8 Å². The smallest absolute Gasteiger partial charge is 0.327 e. The number of aromatic hydroxyl groups is 1. The molecule has 1 aromatic carbocycles. The number of hydrogen-bond donors (Lipinski definition) is 1. The quantitative estimate of drug-likeness (QED) is 0.872. The van der Waals surface area contributed by atoms with E-state index in [2.05, 4.69) is 0 Å². The van der Waals surface area contributed by atoms with Crippen LogP contribution in [-0.4, -0.2) is 29.6 Å². The Labute approximate surface area is 137 Å². The van der Waals surface area contributed by atoms with Gasteiger partial charge in [0.1, 0.15) is 6.04 Å². The van der Waals surface area contributed by atoms with Crippen molar-refractivity contribution < 1.29 is 14.6 Å². The van der Waals surface area contributed by atoms with Gasteiger partial charge in [-0.3, -0.25) is 4.90 Å². The number of esters is 1. The van der Waals surface area contributed by atoms with Crippen molar-refractivity contribution in [2.75, 3.05) is 13.7 Å². The van der Waals surface area contributed by atoms with E-state index in [9.17, 15) is 9.90 Å². The van der Waals surface area contributed by atoms with E-state index in [-0.39, 0.29) is 5.97 Å². The summed E-state index contributed by atoms with van der Waals surface area (Å²) < 4.78 is 4.98. The number of rotatable bonds is 3. The van der Waals surface area contributed by atoms with E-state index < -0.39 is 6.04 Å². The minimum absolute atomic E-state index is 0.319. The number of thiophene rings is 1. The van der Waals surface area contributed by atoms with Gasteiger partial charge in [0.25, 0.3) is 0 Å². The molecule has 1 aromatic heterocycles. The Bertz CT molecular complexity index is 700. The number of carbonyl (C=O) groups excluding carboxylic acids is 1. The monoisotopic (exact) mass is 337 g/mol. The zero-order valence-electron chi connectivity index (χ0n) is 12.1. The fourth-order valence-electron chi connectivity index (χ4n) is 2.84. The second-order valence-corrected chi connectivity index (χ2v) is 6.72. The first-order chi connectivity index (χ1) is 10.6. The SMILES string of the molecule is COC(=O)C(c1ccccc1Cl)N1CCc2sc(O)cc2C1.